The third-order valence-corrected chi connectivity index (χ3v) is 5.66. The van der Waals surface area contributed by atoms with Crippen molar-refractivity contribution in [3.05, 3.63) is 42.4 Å². The summed E-state index contributed by atoms with van der Waals surface area (Å²) in [6.45, 7) is 1.53. The Bertz CT molecular complexity index is 1060. The van der Waals surface area contributed by atoms with E-state index in [4.69, 9.17) is 0 Å². The van der Waals surface area contributed by atoms with Crippen LogP contribution in [0.3, 0.4) is 0 Å². The summed E-state index contributed by atoms with van der Waals surface area (Å²) in [5.74, 6) is -1.14. The molecule has 1 aromatic carbocycles. The van der Waals surface area contributed by atoms with E-state index < -0.39 is 21.8 Å². The van der Waals surface area contributed by atoms with E-state index in [0.717, 1.165) is 4.57 Å². The zero-order valence-corrected chi connectivity index (χ0v) is 14.2. The molecule has 0 bridgehead atoms. The van der Waals surface area contributed by atoms with Crippen molar-refractivity contribution in [1.82, 2.24) is 14.5 Å². The van der Waals surface area contributed by atoms with Crippen LogP contribution in [0.5, 0.6) is 0 Å². The first kappa shape index (κ1) is 17.4. The fraction of sp³-hybridized carbons (Fsp3) is 0.250. The summed E-state index contributed by atoms with van der Waals surface area (Å²) in [5.41, 5.74) is 0.910. The van der Waals surface area contributed by atoms with E-state index in [9.17, 15) is 21.6 Å². The van der Waals surface area contributed by atoms with Crippen molar-refractivity contribution in [3.63, 3.8) is 0 Å². The lowest BCUT2D eigenvalue weighted by atomic mass is 10.1. The molecule has 0 fully saturated rings. The number of hydrogen-bond donors (Lipinski definition) is 0. The molecule has 0 spiro atoms. The quantitative estimate of drug-likeness (QED) is 0.709. The number of benzene rings is 1. The molecule has 0 atom stereocenters. The minimum Gasteiger partial charge on any atom is -0.308 e. The molecular formula is C16H14F3N3O2S. The second-order valence-electron chi connectivity index (χ2n) is 5.46. The standard InChI is InChI=1S/C16H14F3N3O2S/c1-3-25(23,24)13-7-5-4-6-11(13)10-8-12-14(20-9-10)22(2)15(21-12)16(17,18)19/h4-9H,3H2,1-2H3. The van der Waals surface area contributed by atoms with Crippen molar-refractivity contribution in [1.29, 1.82) is 0 Å². The fourth-order valence-electron chi connectivity index (χ4n) is 2.61. The molecule has 9 heteroatoms. The van der Waals surface area contributed by atoms with Gasteiger partial charge in [-0.15, -0.1) is 0 Å². The Kier molecular flexibility index (Phi) is 4.06. The SMILES string of the molecule is CCS(=O)(=O)c1ccccc1-c1cnc2c(c1)nc(C(F)(F)F)n2C. The van der Waals surface area contributed by atoms with Gasteiger partial charge >= 0.3 is 6.18 Å². The third kappa shape index (κ3) is 2.99. The van der Waals surface area contributed by atoms with E-state index in [1.54, 1.807) is 18.2 Å². The van der Waals surface area contributed by atoms with Gasteiger partial charge in [-0.2, -0.15) is 13.2 Å². The van der Waals surface area contributed by atoms with Gasteiger partial charge in [0.25, 0.3) is 0 Å². The lowest BCUT2D eigenvalue weighted by molar-refractivity contribution is -0.146. The van der Waals surface area contributed by atoms with Gasteiger partial charge in [-0.1, -0.05) is 25.1 Å². The number of halogens is 3. The average Bonchev–Trinajstić information content (AvgIpc) is 2.91. The molecule has 0 radical (unpaired) electrons. The van der Waals surface area contributed by atoms with Gasteiger partial charge in [0.1, 0.15) is 5.52 Å². The second-order valence-corrected chi connectivity index (χ2v) is 7.71. The van der Waals surface area contributed by atoms with Gasteiger partial charge in [0.05, 0.1) is 10.6 Å². The van der Waals surface area contributed by atoms with Crippen LogP contribution < -0.4 is 0 Å². The van der Waals surface area contributed by atoms with Crippen molar-refractivity contribution in [2.75, 3.05) is 5.75 Å². The van der Waals surface area contributed by atoms with Crippen molar-refractivity contribution < 1.29 is 21.6 Å². The molecule has 3 aromatic rings. The van der Waals surface area contributed by atoms with E-state index in [2.05, 4.69) is 9.97 Å². The highest BCUT2D eigenvalue weighted by atomic mass is 32.2. The van der Waals surface area contributed by atoms with Crippen LogP contribution in [-0.4, -0.2) is 28.7 Å². The number of aromatic nitrogens is 3. The Labute approximate surface area is 142 Å². The zero-order chi connectivity index (χ0) is 18.4. The van der Waals surface area contributed by atoms with Crippen LogP contribution in [0.1, 0.15) is 12.7 Å². The van der Waals surface area contributed by atoms with Crippen LogP contribution in [0.25, 0.3) is 22.3 Å². The molecule has 5 nitrogen and oxygen atoms in total. The lowest BCUT2D eigenvalue weighted by Crippen LogP contribution is -2.12. The number of rotatable bonds is 3. The minimum absolute atomic E-state index is 0.0519. The first-order chi connectivity index (χ1) is 11.6. The first-order valence-electron chi connectivity index (χ1n) is 7.37. The summed E-state index contributed by atoms with van der Waals surface area (Å²) in [6.07, 6.45) is -3.24. The van der Waals surface area contributed by atoms with Crippen LogP contribution in [0, 0.1) is 0 Å². The Morgan fingerprint density at radius 1 is 1.20 bits per heavy atom. The highest BCUT2D eigenvalue weighted by molar-refractivity contribution is 7.91. The van der Waals surface area contributed by atoms with Crippen LogP contribution in [-0.2, 0) is 23.1 Å². The predicted octanol–water partition coefficient (Wildman–Crippen LogP) is 3.45. The molecule has 132 valence electrons. The molecule has 0 aliphatic rings. The van der Waals surface area contributed by atoms with Crippen molar-refractivity contribution in [2.45, 2.75) is 18.0 Å². The fourth-order valence-corrected chi connectivity index (χ4v) is 3.73. The highest BCUT2D eigenvalue weighted by Crippen LogP contribution is 2.33. The number of aryl methyl sites for hydroxylation is 1. The number of hydrogen-bond acceptors (Lipinski definition) is 4. The molecule has 0 saturated heterocycles. The monoisotopic (exact) mass is 369 g/mol. The third-order valence-electron chi connectivity index (χ3n) is 3.88. The van der Waals surface area contributed by atoms with E-state index >= 15 is 0 Å². The Balaban J connectivity index is 2.23. The molecule has 0 aliphatic heterocycles. The smallest absolute Gasteiger partial charge is 0.308 e. The minimum atomic E-state index is -4.60. The van der Waals surface area contributed by atoms with Crippen molar-refractivity contribution in [2.24, 2.45) is 7.05 Å². The van der Waals surface area contributed by atoms with Crippen molar-refractivity contribution >= 4 is 21.0 Å². The molecule has 3 rings (SSSR count). The molecule has 2 aromatic heterocycles. The topological polar surface area (TPSA) is 64.8 Å². The molecule has 0 amide bonds. The van der Waals surface area contributed by atoms with E-state index in [-0.39, 0.29) is 21.8 Å². The van der Waals surface area contributed by atoms with Gasteiger partial charge in [-0.3, -0.25) is 0 Å². The largest absolute Gasteiger partial charge is 0.449 e. The number of fused-ring (bicyclic) bond motifs is 1. The number of sulfone groups is 1. The summed E-state index contributed by atoms with van der Waals surface area (Å²) in [6, 6.07) is 7.74. The maximum Gasteiger partial charge on any atom is 0.449 e. The number of alkyl halides is 3. The Hall–Kier alpha value is -2.42. The van der Waals surface area contributed by atoms with Crippen LogP contribution in [0.4, 0.5) is 13.2 Å². The molecule has 25 heavy (non-hydrogen) atoms. The molecule has 0 saturated carbocycles. The number of nitrogens with zero attached hydrogens (tertiary/aromatic N) is 3. The van der Waals surface area contributed by atoms with Crippen LogP contribution in [0.2, 0.25) is 0 Å². The summed E-state index contributed by atoms with van der Waals surface area (Å²) >= 11 is 0. The molecule has 0 aliphatic carbocycles. The van der Waals surface area contributed by atoms with Crippen LogP contribution in [0.15, 0.2) is 41.4 Å². The Morgan fingerprint density at radius 2 is 1.88 bits per heavy atom. The van der Waals surface area contributed by atoms with Gasteiger partial charge in [-0.05, 0) is 12.1 Å². The number of pyridine rings is 1. The lowest BCUT2D eigenvalue weighted by Gasteiger charge is -2.09. The summed E-state index contributed by atoms with van der Waals surface area (Å²) in [7, 11) is -2.25. The van der Waals surface area contributed by atoms with Gasteiger partial charge < -0.3 is 4.57 Å². The average molecular weight is 369 g/mol. The first-order valence-corrected chi connectivity index (χ1v) is 9.02. The molecule has 2 heterocycles. The summed E-state index contributed by atoms with van der Waals surface area (Å²) in [5, 5.41) is 0. The maximum atomic E-state index is 13.0. The maximum absolute atomic E-state index is 13.0. The molecule has 0 N–H and O–H groups in total. The van der Waals surface area contributed by atoms with Gasteiger partial charge in [0, 0.05) is 24.4 Å². The van der Waals surface area contributed by atoms with Gasteiger partial charge in [-0.25, -0.2) is 18.4 Å². The van der Waals surface area contributed by atoms with Gasteiger partial charge in [0.15, 0.2) is 15.5 Å². The van der Waals surface area contributed by atoms with E-state index in [1.165, 1.54) is 32.3 Å². The normalized spacial score (nSPS) is 12.7. The summed E-state index contributed by atoms with van der Waals surface area (Å²) in [4.78, 5) is 7.77. The highest BCUT2D eigenvalue weighted by Gasteiger charge is 2.37. The second kappa shape index (κ2) is 5.83. The zero-order valence-electron chi connectivity index (χ0n) is 13.4. The number of imidazole rings is 1. The van der Waals surface area contributed by atoms with E-state index in [0.29, 0.717) is 11.1 Å². The van der Waals surface area contributed by atoms with E-state index in [1.807, 2.05) is 0 Å². The molecular weight excluding hydrogens is 355 g/mol. The van der Waals surface area contributed by atoms with Crippen LogP contribution >= 0.6 is 0 Å². The Morgan fingerprint density at radius 3 is 2.52 bits per heavy atom. The predicted molar refractivity (Wildman–Crippen MR) is 86.7 cm³/mol. The summed E-state index contributed by atoms with van der Waals surface area (Å²) < 4.78 is 64.3. The van der Waals surface area contributed by atoms with Gasteiger partial charge in [0.2, 0.25) is 5.82 Å². The molecule has 0 unspecified atom stereocenters. The van der Waals surface area contributed by atoms with Crippen molar-refractivity contribution in [3.8, 4) is 11.1 Å².